The van der Waals surface area contributed by atoms with Gasteiger partial charge < -0.3 is 5.11 Å². The van der Waals surface area contributed by atoms with Crippen LogP contribution in [-0.4, -0.2) is 15.0 Å². The SMILES string of the molecule is Cl.O=[N+]([O-])c1cc(Cl)c2c(-c3ccccc3)ccnc2c1O. The molecule has 7 heteroatoms. The summed E-state index contributed by atoms with van der Waals surface area (Å²) in [5.41, 5.74) is 1.32. The molecule has 0 bridgehead atoms. The predicted molar refractivity (Wildman–Crippen MR) is 87.8 cm³/mol. The third kappa shape index (κ3) is 2.56. The number of halogens is 2. The van der Waals surface area contributed by atoms with E-state index < -0.39 is 16.4 Å². The van der Waals surface area contributed by atoms with Crippen LogP contribution < -0.4 is 0 Å². The minimum absolute atomic E-state index is 0. The zero-order chi connectivity index (χ0) is 15.0. The molecule has 1 aromatic heterocycles. The summed E-state index contributed by atoms with van der Waals surface area (Å²) in [5, 5.41) is 21.7. The number of phenols is 1. The molecule has 0 spiro atoms. The number of nitro groups is 1. The first-order valence-electron chi connectivity index (χ1n) is 6.09. The second-order valence-corrected chi connectivity index (χ2v) is 4.84. The molecule has 0 atom stereocenters. The maximum Gasteiger partial charge on any atom is 0.314 e. The number of benzene rings is 2. The zero-order valence-corrected chi connectivity index (χ0v) is 12.6. The van der Waals surface area contributed by atoms with Gasteiger partial charge in [0, 0.05) is 17.6 Å². The summed E-state index contributed by atoms with van der Waals surface area (Å²) >= 11 is 6.18. The van der Waals surface area contributed by atoms with Crippen LogP contribution in [0.4, 0.5) is 5.69 Å². The van der Waals surface area contributed by atoms with Crippen molar-refractivity contribution in [1.29, 1.82) is 0 Å². The van der Waals surface area contributed by atoms with Gasteiger partial charge in [-0.3, -0.25) is 15.1 Å². The average molecular weight is 337 g/mol. The van der Waals surface area contributed by atoms with Crippen molar-refractivity contribution in [3.8, 4) is 16.9 Å². The van der Waals surface area contributed by atoms with Gasteiger partial charge in [0.15, 0.2) is 0 Å². The quantitative estimate of drug-likeness (QED) is 0.548. The summed E-state index contributed by atoms with van der Waals surface area (Å²) in [7, 11) is 0. The van der Waals surface area contributed by atoms with E-state index in [-0.39, 0.29) is 22.9 Å². The summed E-state index contributed by atoms with van der Waals surface area (Å²) in [6, 6.07) is 12.3. The Morgan fingerprint density at radius 3 is 2.50 bits per heavy atom. The Morgan fingerprint density at radius 1 is 1.18 bits per heavy atom. The van der Waals surface area contributed by atoms with Crippen LogP contribution in [0.25, 0.3) is 22.0 Å². The molecule has 0 saturated carbocycles. The van der Waals surface area contributed by atoms with Crippen LogP contribution in [0.1, 0.15) is 0 Å². The van der Waals surface area contributed by atoms with Crippen molar-refractivity contribution in [1.82, 2.24) is 4.98 Å². The molecule has 2 aromatic carbocycles. The maximum atomic E-state index is 10.9. The summed E-state index contributed by atoms with van der Waals surface area (Å²) in [6.07, 6.45) is 1.49. The van der Waals surface area contributed by atoms with E-state index in [0.29, 0.717) is 5.39 Å². The normalized spacial score (nSPS) is 10.2. The van der Waals surface area contributed by atoms with E-state index in [1.165, 1.54) is 6.20 Å². The summed E-state index contributed by atoms with van der Waals surface area (Å²) in [5.74, 6) is -0.475. The second kappa shape index (κ2) is 6.17. The van der Waals surface area contributed by atoms with E-state index in [4.69, 9.17) is 11.6 Å². The van der Waals surface area contributed by atoms with E-state index in [1.807, 2.05) is 30.3 Å². The topological polar surface area (TPSA) is 76.3 Å². The lowest BCUT2D eigenvalue weighted by atomic mass is 10.0. The lowest BCUT2D eigenvalue weighted by Crippen LogP contribution is -1.93. The number of phenolic OH excluding ortho intramolecular Hbond substituents is 1. The van der Waals surface area contributed by atoms with Gasteiger partial charge in [-0.05, 0) is 17.2 Å². The van der Waals surface area contributed by atoms with Gasteiger partial charge in [-0.15, -0.1) is 12.4 Å². The van der Waals surface area contributed by atoms with Gasteiger partial charge in [0.1, 0.15) is 5.52 Å². The summed E-state index contributed by atoms with van der Waals surface area (Å²) in [6.45, 7) is 0. The van der Waals surface area contributed by atoms with Gasteiger partial charge in [0.05, 0.1) is 9.95 Å². The third-order valence-electron chi connectivity index (χ3n) is 3.20. The van der Waals surface area contributed by atoms with Crippen molar-refractivity contribution in [2.45, 2.75) is 0 Å². The van der Waals surface area contributed by atoms with Crippen LogP contribution >= 0.6 is 24.0 Å². The zero-order valence-electron chi connectivity index (χ0n) is 11.1. The van der Waals surface area contributed by atoms with E-state index in [1.54, 1.807) is 6.07 Å². The molecule has 0 fully saturated rings. The number of rotatable bonds is 2. The first-order valence-corrected chi connectivity index (χ1v) is 6.47. The van der Waals surface area contributed by atoms with E-state index in [2.05, 4.69) is 4.98 Å². The van der Waals surface area contributed by atoms with E-state index in [9.17, 15) is 15.2 Å². The third-order valence-corrected chi connectivity index (χ3v) is 3.50. The smallest absolute Gasteiger partial charge is 0.314 e. The molecule has 0 aliphatic rings. The Balaban J connectivity index is 0.00000176. The van der Waals surface area contributed by atoms with Crippen molar-refractivity contribution in [2.24, 2.45) is 0 Å². The van der Waals surface area contributed by atoms with Crippen LogP contribution in [0, 0.1) is 10.1 Å². The maximum absolute atomic E-state index is 10.9. The van der Waals surface area contributed by atoms with E-state index >= 15 is 0 Å². The number of nitro benzene ring substituents is 1. The Bertz CT molecular complexity index is 854. The largest absolute Gasteiger partial charge is 0.501 e. The van der Waals surface area contributed by atoms with Crippen LogP contribution in [-0.2, 0) is 0 Å². The van der Waals surface area contributed by atoms with Crippen LogP contribution in [0.2, 0.25) is 5.02 Å². The van der Waals surface area contributed by atoms with Gasteiger partial charge in [-0.2, -0.15) is 0 Å². The fourth-order valence-electron chi connectivity index (χ4n) is 2.26. The minimum Gasteiger partial charge on any atom is -0.501 e. The molecule has 0 aliphatic heterocycles. The van der Waals surface area contributed by atoms with Crippen molar-refractivity contribution in [2.75, 3.05) is 0 Å². The Labute approximate surface area is 136 Å². The van der Waals surface area contributed by atoms with Gasteiger partial charge in [-0.25, -0.2) is 0 Å². The standard InChI is InChI=1S/C15H9ClN2O3.ClH/c16-11-8-12(18(20)21)15(19)14-13(11)10(6-7-17-14)9-4-2-1-3-5-9;/h1-8,19H;1H. The molecule has 1 N–H and O–H groups in total. The van der Waals surface area contributed by atoms with Crippen molar-refractivity contribution in [3.05, 3.63) is 63.8 Å². The van der Waals surface area contributed by atoms with Crippen LogP contribution in [0.5, 0.6) is 5.75 Å². The second-order valence-electron chi connectivity index (χ2n) is 4.43. The molecule has 112 valence electrons. The molecule has 22 heavy (non-hydrogen) atoms. The highest BCUT2D eigenvalue weighted by Crippen LogP contribution is 2.41. The van der Waals surface area contributed by atoms with E-state index in [0.717, 1.165) is 17.2 Å². The summed E-state index contributed by atoms with van der Waals surface area (Å²) in [4.78, 5) is 14.3. The lowest BCUT2D eigenvalue weighted by molar-refractivity contribution is -0.385. The molecule has 1 heterocycles. The highest BCUT2D eigenvalue weighted by Gasteiger charge is 2.22. The Morgan fingerprint density at radius 2 is 1.86 bits per heavy atom. The molecule has 5 nitrogen and oxygen atoms in total. The number of hydrogen-bond donors (Lipinski definition) is 1. The van der Waals surface area contributed by atoms with Gasteiger partial charge in [0.2, 0.25) is 5.75 Å². The molecule has 0 amide bonds. The fourth-order valence-corrected chi connectivity index (χ4v) is 2.56. The minimum atomic E-state index is -0.683. The first-order chi connectivity index (χ1) is 10.1. The van der Waals surface area contributed by atoms with Crippen molar-refractivity contribution in [3.63, 3.8) is 0 Å². The predicted octanol–water partition coefficient (Wildman–Crippen LogP) is 4.59. The van der Waals surface area contributed by atoms with Crippen molar-refractivity contribution >= 4 is 40.6 Å². The number of aromatic nitrogens is 1. The molecule has 0 unspecified atom stereocenters. The number of pyridine rings is 1. The fraction of sp³-hybridized carbons (Fsp3) is 0. The highest BCUT2D eigenvalue weighted by atomic mass is 35.5. The van der Waals surface area contributed by atoms with Gasteiger partial charge >= 0.3 is 5.69 Å². The highest BCUT2D eigenvalue weighted by molar-refractivity contribution is 6.37. The Kier molecular flexibility index (Phi) is 4.49. The van der Waals surface area contributed by atoms with Gasteiger partial charge in [0.25, 0.3) is 0 Å². The number of fused-ring (bicyclic) bond motifs is 1. The molecular weight excluding hydrogens is 327 g/mol. The number of nitrogens with zero attached hydrogens (tertiary/aromatic N) is 2. The Hall–Kier alpha value is -2.37. The molecule has 3 rings (SSSR count). The number of hydrogen-bond acceptors (Lipinski definition) is 4. The average Bonchev–Trinajstić information content (AvgIpc) is 2.51. The summed E-state index contributed by atoms with van der Waals surface area (Å²) < 4.78 is 0. The van der Waals surface area contributed by atoms with Gasteiger partial charge in [-0.1, -0.05) is 41.9 Å². The molecule has 0 radical (unpaired) electrons. The van der Waals surface area contributed by atoms with Crippen molar-refractivity contribution < 1.29 is 10.0 Å². The molecule has 0 aliphatic carbocycles. The lowest BCUT2D eigenvalue weighted by Gasteiger charge is -2.09. The van der Waals surface area contributed by atoms with Crippen LogP contribution in [0.15, 0.2) is 48.7 Å². The van der Waals surface area contributed by atoms with Crippen LogP contribution in [0.3, 0.4) is 0 Å². The number of aromatic hydroxyl groups is 1. The molecular formula is C15H10Cl2N2O3. The molecule has 3 aromatic rings. The monoisotopic (exact) mass is 336 g/mol. The molecule has 0 saturated heterocycles. The first kappa shape index (κ1) is 16.0.